The minimum Gasteiger partial charge on any atom is -0.484 e. The molecule has 0 radical (unpaired) electrons. The van der Waals surface area contributed by atoms with Crippen LogP contribution in [0.3, 0.4) is 0 Å². The Kier molecular flexibility index (Phi) is 4.48. The lowest BCUT2D eigenvalue weighted by Gasteiger charge is -2.07. The molecule has 0 amide bonds. The van der Waals surface area contributed by atoms with E-state index in [1.807, 2.05) is 0 Å². The van der Waals surface area contributed by atoms with Gasteiger partial charge >= 0.3 is 6.18 Å². The van der Waals surface area contributed by atoms with Crippen molar-refractivity contribution in [2.45, 2.75) is 19.7 Å². The van der Waals surface area contributed by atoms with Crippen LogP contribution in [-0.4, -0.2) is 5.16 Å². The first kappa shape index (κ1) is 17.0. The predicted molar refractivity (Wildman–Crippen MR) is 82.4 cm³/mol. The second kappa shape index (κ2) is 6.58. The molecule has 0 N–H and O–H groups in total. The third kappa shape index (κ3) is 3.65. The number of alkyl halides is 3. The SMILES string of the molecule is Cc1c(COc2ccccc2F)noc1-c1ccc(C(F)(F)F)cc1. The second-order valence-electron chi connectivity index (χ2n) is 5.38. The number of benzene rings is 2. The van der Waals surface area contributed by atoms with E-state index in [0.717, 1.165) is 12.1 Å². The van der Waals surface area contributed by atoms with Crippen molar-refractivity contribution in [2.24, 2.45) is 0 Å². The largest absolute Gasteiger partial charge is 0.484 e. The normalized spacial score (nSPS) is 11.6. The summed E-state index contributed by atoms with van der Waals surface area (Å²) in [7, 11) is 0. The lowest BCUT2D eigenvalue weighted by molar-refractivity contribution is -0.137. The van der Waals surface area contributed by atoms with Crippen molar-refractivity contribution in [1.82, 2.24) is 5.16 Å². The van der Waals surface area contributed by atoms with Crippen molar-refractivity contribution >= 4 is 0 Å². The molecule has 130 valence electrons. The molecule has 7 heteroatoms. The molecule has 0 bridgehead atoms. The Morgan fingerprint density at radius 1 is 1.04 bits per heavy atom. The minimum atomic E-state index is -4.40. The molecule has 3 rings (SSSR count). The molecule has 2 aromatic carbocycles. The zero-order valence-electron chi connectivity index (χ0n) is 13.1. The standard InChI is InChI=1S/C18H13F4NO2/c1-11-15(10-24-16-5-3-2-4-14(16)19)23-25-17(11)12-6-8-13(9-7-12)18(20,21)22/h2-9H,10H2,1H3. The molecule has 0 unspecified atom stereocenters. The van der Waals surface area contributed by atoms with Crippen LogP contribution in [0.2, 0.25) is 0 Å². The van der Waals surface area contributed by atoms with Crippen LogP contribution in [0.15, 0.2) is 53.1 Å². The molecule has 0 saturated carbocycles. The smallest absolute Gasteiger partial charge is 0.416 e. The average Bonchev–Trinajstić information content (AvgIpc) is 2.94. The van der Waals surface area contributed by atoms with Crippen LogP contribution in [0, 0.1) is 12.7 Å². The van der Waals surface area contributed by atoms with Crippen LogP contribution in [0.25, 0.3) is 11.3 Å². The second-order valence-corrected chi connectivity index (χ2v) is 5.38. The molecule has 0 aliphatic rings. The van der Waals surface area contributed by atoms with Gasteiger partial charge in [-0.25, -0.2) is 4.39 Å². The van der Waals surface area contributed by atoms with Crippen molar-refractivity contribution in [3.63, 3.8) is 0 Å². The van der Waals surface area contributed by atoms with Crippen molar-refractivity contribution in [3.05, 3.63) is 71.2 Å². The van der Waals surface area contributed by atoms with Gasteiger partial charge in [0.15, 0.2) is 17.3 Å². The van der Waals surface area contributed by atoms with E-state index in [2.05, 4.69) is 5.16 Å². The van der Waals surface area contributed by atoms with Crippen LogP contribution >= 0.6 is 0 Å². The van der Waals surface area contributed by atoms with E-state index in [4.69, 9.17) is 9.26 Å². The van der Waals surface area contributed by atoms with E-state index < -0.39 is 17.6 Å². The lowest BCUT2D eigenvalue weighted by Crippen LogP contribution is -2.04. The molecular weight excluding hydrogens is 338 g/mol. The van der Waals surface area contributed by atoms with Gasteiger partial charge in [-0.1, -0.05) is 29.4 Å². The van der Waals surface area contributed by atoms with Crippen molar-refractivity contribution < 1.29 is 26.8 Å². The number of rotatable bonds is 4. The number of nitrogens with zero attached hydrogens (tertiary/aromatic N) is 1. The number of aromatic nitrogens is 1. The molecule has 1 heterocycles. The summed E-state index contributed by atoms with van der Waals surface area (Å²) in [5.74, 6) is -0.0616. The molecule has 1 aromatic heterocycles. The highest BCUT2D eigenvalue weighted by atomic mass is 19.4. The third-order valence-corrected chi connectivity index (χ3v) is 3.70. The molecule has 3 nitrogen and oxygen atoms in total. The van der Waals surface area contributed by atoms with Gasteiger partial charge in [-0.3, -0.25) is 0 Å². The highest BCUT2D eigenvalue weighted by Crippen LogP contribution is 2.32. The van der Waals surface area contributed by atoms with Gasteiger partial charge in [-0.2, -0.15) is 13.2 Å². The monoisotopic (exact) mass is 351 g/mol. The quantitative estimate of drug-likeness (QED) is 0.592. The molecule has 0 atom stereocenters. The molecule has 0 saturated heterocycles. The summed E-state index contributed by atoms with van der Waals surface area (Å²) < 4.78 is 62.0. The number of hydrogen-bond acceptors (Lipinski definition) is 3. The van der Waals surface area contributed by atoms with Crippen LogP contribution in [0.1, 0.15) is 16.8 Å². The zero-order valence-corrected chi connectivity index (χ0v) is 13.1. The number of hydrogen-bond donors (Lipinski definition) is 0. The Hall–Kier alpha value is -2.83. The molecule has 0 aliphatic heterocycles. The van der Waals surface area contributed by atoms with E-state index >= 15 is 0 Å². The average molecular weight is 351 g/mol. The maximum Gasteiger partial charge on any atom is 0.416 e. The van der Waals surface area contributed by atoms with Gasteiger partial charge in [0.2, 0.25) is 0 Å². The lowest BCUT2D eigenvalue weighted by atomic mass is 10.1. The predicted octanol–water partition coefficient (Wildman–Crippen LogP) is 5.39. The molecule has 0 fully saturated rings. The number of para-hydroxylation sites is 1. The number of halogens is 4. The Labute approximate surface area is 140 Å². The summed E-state index contributed by atoms with van der Waals surface area (Å²) in [6.45, 7) is 1.69. The molecule has 0 spiro atoms. The van der Waals surface area contributed by atoms with Gasteiger partial charge in [0.05, 0.1) is 5.56 Å². The fraction of sp³-hybridized carbons (Fsp3) is 0.167. The van der Waals surface area contributed by atoms with Crippen LogP contribution in [0.4, 0.5) is 17.6 Å². The van der Waals surface area contributed by atoms with Crippen molar-refractivity contribution in [2.75, 3.05) is 0 Å². The third-order valence-electron chi connectivity index (χ3n) is 3.70. The fourth-order valence-electron chi connectivity index (χ4n) is 2.29. The molecule has 25 heavy (non-hydrogen) atoms. The van der Waals surface area contributed by atoms with E-state index in [1.165, 1.54) is 24.3 Å². The van der Waals surface area contributed by atoms with Gasteiger partial charge < -0.3 is 9.26 Å². The molecule has 0 aliphatic carbocycles. The first-order chi connectivity index (χ1) is 11.9. The minimum absolute atomic E-state index is 0.0170. The molecular formula is C18H13F4NO2. The zero-order chi connectivity index (χ0) is 18.0. The Balaban J connectivity index is 1.78. The summed E-state index contributed by atoms with van der Waals surface area (Å²) in [6.07, 6.45) is -4.40. The highest BCUT2D eigenvalue weighted by molar-refractivity contribution is 5.62. The number of ether oxygens (including phenoxy) is 1. The van der Waals surface area contributed by atoms with E-state index in [9.17, 15) is 17.6 Å². The van der Waals surface area contributed by atoms with E-state index in [1.54, 1.807) is 19.1 Å². The molecule has 3 aromatic rings. The van der Waals surface area contributed by atoms with Gasteiger partial charge in [-0.05, 0) is 31.2 Å². The Morgan fingerprint density at radius 3 is 2.36 bits per heavy atom. The Morgan fingerprint density at radius 2 is 1.72 bits per heavy atom. The summed E-state index contributed by atoms with van der Waals surface area (Å²) in [4.78, 5) is 0. The Bertz CT molecular complexity index is 870. The van der Waals surface area contributed by atoms with E-state index in [-0.39, 0.29) is 12.4 Å². The first-order valence-corrected chi connectivity index (χ1v) is 7.36. The van der Waals surface area contributed by atoms with E-state index in [0.29, 0.717) is 22.6 Å². The summed E-state index contributed by atoms with van der Waals surface area (Å²) in [6, 6.07) is 10.5. The van der Waals surface area contributed by atoms with Crippen LogP contribution < -0.4 is 4.74 Å². The first-order valence-electron chi connectivity index (χ1n) is 7.36. The van der Waals surface area contributed by atoms with Crippen LogP contribution in [0.5, 0.6) is 5.75 Å². The topological polar surface area (TPSA) is 35.3 Å². The van der Waals surface area contributed by atoms with Crippen LogP contribution in [-0.2, 0) is 12.8 Å². The fourth-order valence-corrected chi connectivity index (χ4v) is 2.29. The summed E-state index contributed by atoms with van der Waals surface area (Å²) in [5.41, 5.74) is 0.793. The van der Waals surface area contributed by atoms with Crippen molar-refractivity contribution in [1.29, 1.82) is 0 Å². The maximum atomic E-state index is 13.5. The summed E-state index contributed by atoms with van der Waals surface area (Å²) >= 11 is 0. The summed E-state index contributed by atoms with van der Waals surface area (Å²) in [5, 5.41) is 3.86. The van der Waals surface area contributed by atoms with Gasteiger partial charge in [0.1, 0.15) is 12.3 Å². The highest BCUT2D eigenvalue weighted by Gasteiger charge is 2.30. The van der Waals surface area contributed by atoms with Crippen molar-refractivity contribution in [3.8, 4) is 17.1 Å². The van der Waals surface area contributed by atoms with Gasteiger partial charge in [0, 0.05) is 11.1 Å². The van der Waals surface area contributed by atoms with Gasteiger partial charge in [-0.15, -0.1) is 0 Å². The van der Waals surface area contributed by atoms with Gasteiger partial charge in [0.25, 0.3) is 0 Å². The maximum absolute atomic E-state index is 13.5.